The summed E-state index contributed by atoms with van der Waals surface area (Å²) in [6.07, 6.45) is 2.27. The third kappa shape index (κ3) is 9.27. The van der Waals surface area contributed by atoms with Crippen molar-refractivity contribution in [3.63, 3.8) is 0 Å². The lowest BCUT2D eigenvalue weighted by Gasteiger charge is -2.14. The number of ether oxygens (including phenoxy) is 3. The maximum Gasteiger partial charge on any atom is 0.326 e. The highest BCUT2D eigenvalue weighted by Crippen LogP contribution is 2.22. The van der Waals surface area contributed by atoms with Crippen LogP contribution in [0.25, 0.3) is 0 Å². The van der Waals surface area contributed by atoms with E-state index >= 15 is 0 Å². The third-order valence-corrected chi connectivity index (χ3v) is 4.07. The van der Waals surface area contributed by atoms with E-state index in [1.54, 1.807) is 20.8 Å². The summed E-state index contributed by atoms with van der Waals surface area (Å²) in [5.74, 6) is -5.31. The number of hydrogen-bond donors (Lipinski definition) is 0. The van der Waals surface area contributed by atoms with Crippen LogP contribution in [0.15, 0.2) is 24.5 Å². The van der Waals surface area contributed by atoms with Gasteiger partial charge in [-0.1, -0.05) is 23.2 Å². The Morgan fingerprint density at radius 2 is 1.33 bits per heavy atom. The fourth-order valence-electron chi connectivity index (χ4n) is 2.33. The van der Waals surface area contributed by atoms with Gasteiger partial charge in [-0.05, 0) is 32.9 Å². The van der Waals surface area contributed by atoms with E-state index in [4.69, 9.17) is 32.7 Å². The minimum Gasteiger partial charge on any atom is -0.466 e. The number of aromatic nitrogens is 2. The van der Waals surface area contributed by atoms with Crippen LogP contribution in [-0.4, -0.2) is 47.7 Å². The Morgan fingerprint density at radius 1 is 0.848 bits per heavy atom. The smallest absolute Gasteiger partial charge is 0.326 e. The van der Waals surface area contributed by atoms with Gasteiger partial charge in [-0.15, -0.1) is 0 Å². The lowest BCUT2D eigenvalue weighted by atomic mass is 10.0. The van der Waals surface area contributed by atoms with Gasteiger partial charge in [0.25, 0.3) is 0 Å². The van der Waals surface area contributed by atoms with Crippen LogP contribution in [0.5, 0.6) is 0 Å². The van der Waals surface area contributed by atoms with Gasteiger partial charge in [0.05, 0.1) is 42.0 Å². The van der Waals surface area contributed by atoms with Crippen LogP contribution in [0.3, 0.4) is 0 Å². The monoisotopic (exact) mass is 506 g/mol. The molecule has 0 amide bonds. The van der Waals surface area contributed by atoms with Crippen molar-refractivity contribution in [3.05, 3.63) is 57.6 Å². The summed E-state index contributed by atoms with van der Waals surface area (Å²) in [6, 6.07) is 2.08. The van der Waals surface area contributed by atoms with Gasteiger partial charge < -0.3 is 14.2 Å². The van der Waals surface area contributed by atoms with Gasteiger partial charge >= 0.3 is 17.9 Å². The van der Waals surface area contributed by atoms with Crippen molar-refractivity contribution >= 4 is 41.1 Å². The van der Waals surface area contributed by atoms with E-state index in [0.29, 0.717) is 0 Å². The second-order valence-electron chi connectivity index (χ2n) is 6.02. The number of nitrogens with zero attached hydrogens (tertiary/aromatic N) is 2. The number of rotatable bonds is 8. The summed E-state index contributed by atoms with van der Waals surface area (Å²) in [5.41, 5.74) is -0.311. The Morgan fingerprint density at radius 3 is 1.79 bits per heavy atom. The molecule has 2 rings (SSSR count). The molecule has 0 spiro atoms. The minimum atomic E-state index is -1.54. The Kier molecular flexibility index (Phi) is 12.2. The molecule has 2 heterocycles. The first-order valence-corrected chi connectivity index (χ1v) is 10.5. The highest BCUT2D eigenvalue weighted by Gasteiger charge is 2.35. The van der Waals surface area contributed by atoms with Crippen molar-refractivity contribution in [2.24, 2.45) is 0 Å². The molecule has 0 aliphatic carbocycles. The summed E-state index contributed by atoms with van der Waals surface area (Å²) < 4.78 is 41.0. The zero-order valence-corrected chi connectivity index (χ0v) is 19.6. The molecule has 0 aliphatic rings. The Balaban J connectivity index is 0.000000346. The number of esters is 3. The van der Waals surface area contributed by atoms with E-state index < -0.39 is 35.5 Å². The van der Waals surface area contributed by atoms with Crippen molar-refractivity contribution in [2.45, 2.75) is 33.1 Å². The van der Waals surface area contributed by atoms with Crippen LogP contribution in [0.4, 0.5) is 8.78 Å². The summed E-state index contributed by atoms with van der Waals surface area (Å²) in [4.78, 5) is 41.8. The first-order valence-electron chi connectivity index (χ1n) is 9.74. The van der Waals surface area contributed by atoms with E-state index in [1.165, 1.54) is 6.20 Å². The maximum absolute atomic E-state index is 13.7. The Hall–Kier alpha value is -2.85. The van der Waals surface area contributed by atoms with E-state index in [9.17, 15) is 23.2 Å². The molecule has 0 aromatic carbocycles. The number of halogens is 4. The Bertz CT molecular complexity index is 960. The van der Waals surface area contributed by atoms with Gasteiger partial charge in [0, 0.05) is 12.4 Å². The number of carbonyl (C=O) groups is 3. The van der Waals surface area contributed by atoms with E-state index in [0.717, 1.165) is 18.3 Å². The molecular weight excluding hydrogens is 485 g/mol. The molecule has 0 aliphatic heterocycles. The van der Waals surface area contributed by atoms with Gasteiger partial charge in [0.2, 0.25) is 0 Å². The average Bonchev–Trinajstić information content (AvgIpc) is 2.73. The average molecular weight is 507 g/mol. The van der Waals surface area contributed by atoms with Crippen molar-refractivity contribution in [3.8, 4) is 0 Å². The highest BCUT2D eigenvalue weighted by atomic mass is 35.5. The van der Waals surface area contributed by atoms with Crippen LogP contribution < -0.4 is 0 Å². The van der Waals surface area contributed by atoms with E-state index in [-0.39, 0.29) is 47.7 Å². The lowest BCUT2D eigenvalue weighted by Crippen LogP contribution is -2.28. The van der Waals surface area contributed by atoms with E-state index in [2.05, 4.69) is 14.7 Å². The van der Waals surface area contributed by atoms with Crippen molar-refractivity contribution in [1.29, 1.82) is 0 Å². The van der Waals surface area contributed by atoms with Crippen LogP contribution in [0.1, 0.15) is 38.1 Å². The second kappa shape index (κ2) is 14.3. The fraction of sp³-hybridized carbons (Fsp3) is 0.381. The predicted molar refractivity (Wildman–Crippen MR) is 115 cm³/mol. The molecule has 2 aromatic heterocycles. The van der Waals surface area contributed by atoms with Crippen molar-refractivity contribution in [1.82, 2.24) is 9.97 Å². The normalized spacial score (nSPS) is 10.2. The van der Waals surface area contributed by atoms with Crippen LogP contribution in [0, 0.1) is 11.6 Å². The molecule has 0 unspecified atom stereocenters. The predicted octanol–water partition coefficient (Wildman–Crippen LogP) is 4.06. The quantitative estimate of drug-likeness (QED) is 0.299. The molecule has 12 heteroatoms. The largest absolute Gasteiger partial charge is 0.466 e. The minimum absolute atomic E-state index is 0.0489. The van der Waals surface area contributed by atoms with Gasteiger partial charge in [-0.25, -0.2) is 8.78 Å². The second-order valence-corrected chi connectivity index (χ2v) is 6.89. The molecule has 0 fully saturated rings. The Labute approximate surface area is 199 Å². The first kappa shape index (κ1) is 28.2. The van der Waals surface area contributed by atoms with E-state index in [1.807, 2.05) is 0 Å². The first-order chi connectivity index (χ1) is 15.6. The lowest BCUT2D eigenvalue weighted by molar-refractivity contribution is -0.157. The standard InChI is InChI=1S/C12H13ClFNO4.C9H9ClFNO2/c1-3-18-11(16)9(12(17)19-4-2)10-8(14)5-7(13)6-15-10;1-2-14-9(13)4-8-7(11)3-6(10)5-12-8/h5-6,9H,3-4H2,1-2H3;3,5H,2,4H2,1H3. The molecule has 0 N–H and O–H groups in total. The van der Waals surface area contributed by atoms with Crippen LogP contribution in [0.2, 0.25) is 10.0 Å². The maximum atomic E-state index is 13.7. The number of pyridine rings is 2. The SMILES string of the molecule is CCOC(=O)C(C(=O)OCC)c1ncc(Cl)cc1F.CCOC(=O)Cc1ncc(Cl)cc1F. The zero-order valence-electron chi connectivity index (χ0n) is 18.1. The molecule has 2 aromatic rings. The molecule has 0 atom stereocenters. The highest BCUT2D eigenvalue weighted by molar-refractivity contribution is 6.30. The van der Waals surface area contributed by atoms with Crippen LogP contribution >= 0.6 is 23.2 Å². The van der Waals surface area contributed by atoms with Gasteiger partial charge in [-0.2, -0.15) is 0 Å². The summed E-state index contributed by atoms with van der Waals surface area (Å²) in [7, 11) is 0. The third-order valence-electron chi connectivity index (χ3n) is 3.66. The molecular formula is C21H22Cl2F2N2O6. The van der Waals surface area contributed by atoms with Gasteiger partial charge in [-0.3, -0.25) is 24.4 Å². The molecule has 8 nitrogen and oxygen atoms in total. The summed E-state index contributed by atoms with van der Waals surface area (Å²) >= 11 is 11.1. The summed E-state index contributed by atoms with van der Waals surface area (Å²) in [6.45, 7) is 5.23. The van der Waals surface area contributed by atoms with Crippen molar-refractivity contribution in [2.75, 3.05) is 19.8 Å². The summed E-state index contributed by atoms with van der Waals surface area (Å²) in [5, 5.41) is 0.267. The fourth-order valence-corrected chi connectivity index (χ4v) is 2.62. The zero-order chi connectivity index (χ0) is 25.0. The topological polar surface area (TPSA) is 105 Å². The molecule has 0 saturated carbocycles. The molecule has 0 bridgehead atoms. The van der Waals surface area contributed by atoms with Crippen LogP contribution in [-0.2, 0) is 35.0 Å². The molecule has 33 heavy (non-hydrogen) atoms. The number of hydrogen-bond acceptors (Lipinski definition) is 8. The van der Waals surface area contributed by atoms with Crippen molar-refractivity contribution < 1.29 is 37.4 Å². The van der Waals surface area contributed by atoms with Gasteiger partial charge in [0.15, 0.2) is 5.92 Å². The molecule has 0 saturated heterocycles. The van der Waals surface area contributed by atoms with Gasteiger partial charge in [0.1, 0.15) is 17.3 Å². The molecule has 0 radical (unpaired) electrons. The molecule has 180 valence electrons. The number of carbonyl (C=O) groups excluding carboxylic acids is 3.